The van der Waals surface area contributed by atoms with Crippen molar-refractivity contribution in [2.24, 2.45) is 0 Å². The third-order valence-corrected chi connectivity index (χ3v) is 3.56. The Balaban J connectivity index is 2.55. The number of benzene rings is 2. The molecule has 0 heterocycles. The van der Waals surface area contributed by atoms with Crippen LogP contribution in [0.2, 0.25) is 0 Å². The molecule has 0 amide bonds. The Bertz CT molecular complexity index is 654. The Morgan fingerprint density at radius 2 is 1.65 bits per heavy atom. The summed E-state index contributed by atoms with van der Waals surface area (Å²) >= 11 is 0. The standard InChI is InChI=1S/C16H17O3P/c1-10-8-11(2)15(12(3)9-10)16(17)13-6-4-5-7-14(13)19-20-18/h4-9H,20H2,1-3H3. The molecule has 20 heavy (non-hydrogen) atoms. The van der Waals surface area contributed by atoms with Crippen molar-refractivity contribution in [3.63, 3.8) is 0 Å². The molecule has 104 valence electrons. The van der Waals surface area contributed by atoms with E-state index in [1.165, 1.54) is 0 Å². The molecule has 0 fully saturated rings. The van der Waals surface area contributed by atoms with E-state index in [0.29, 0.717) is 16.9 Å². The van der Waals surface area contributed by atoms with Gasteiger partial charge in [0.15, 0.2) is 5.78 Å². The number of carbonyl (C=O) groups is 1. The van der Waals surface area contributed by atoms with Crippen molar-refractivity contribution in [3.8, 4) is 5.75 Å². The molecule has 0 aliphatic heterocycles. The highest BCUT2D eigenvalue weighted by molar-refractivity contribution is 7.17. The normalized spacial score (nSPS) is 10.9. The van der Waals surface area contributed by atoms with Crippen molar-refractivity contribution in [2.45, 2.75) is 20.8 Å². The molecule has 2 rings (SSSR count). The zero-order valence-electron chi connectivity index (χ0n) is 11.8. The van der Waals surface area contributed by atoms with Crippen LogP contribution in [0.15, 0.2) is 36.4 Å². The summed E-state index contributed by atoms with van der Waals surface area (Å²) in [5.41, 5.74) is 4.15. The Labute approximate surface area is 119 Å². The van der Waals surface area contributed by atoms with Crippen LogP contribution >= 0.6 is 8.69 Å². The first-order valence-electron chi connectivity index (χ1n) is 6.36. The molecule has 3 nitrogen and oxygen atoms in total. The molecule has 0 bridgehead atoms. The smallest absolute Gasteiger partial charge is 0.225 e. The minimum atomic E-state index is -1.39. The first-order valence-corrected chi connectivity index (χ1v) is 7.30. The maximum absolute atomic E-state index is 12.7. The number of ketones is 1. The molecule has 0 aromatic heterocycles. The van der Waals surface area contributed by atoms with Crippen LogP contribution in [0.3, 0.4) is 0 Å². The molecular formula is C16H17O3P. The van der Waals surface area contributed by atoms with Gasteiger partial charge in [-0.3, -0.25) is 9.36 Å². The van der Waals surface area contributed by atoms with E-state index in [0.717, 1.165) is 16.7 Å². The van der Waals surface area contributed by atoms with Crippen molar-refractivity contribution in [2.75, 3.05) is 0 Å². The van der Waals surface area contributed by atoms with Gasteiger partial charge in [0.2, 0.25) is 8.69 Å². The second-order valence-corrected chi connectivity index (χ2v) is 5.24. The van der Waals surface area contributed by atoms with E-state index in [-0.39, 0.29) is 5.78 Å². The van der Waals surface area contributed by atoms with Gasteiger partial charge in [-0.25, -0.2) is 0 Å². The predicted octanol–water partition coefficient (Wildman–Crippen LogP) is 3.89. The monoisotopic (exact) mass is 288 g/mol. The van der Waals surface area contributed by atoms with Gasteiger partial charge in [0, 0.05) is 5.56 Å². The molecule has 4 heteroatoms. The van der Waals surface area contributed by atoms with Gasteiger partial charge in [-0.05, 0) is 44.0 Å². The topological polar surface area (TPSA) is 43.4 Å². The molecule has 0 saturated heterocycles. The fourth-order valence-corrected chi connectivity index (χ4v) is 2.79. The van der Waals surface area contributed by atoms with E-state index >= 15 is 0 Å². The van der Waals surface area contributed by atoms with Gasteiger partial charge in [0.05, 0.1) is 5.56 Å². The van der Waals surface area contributed by atoms with Crippen LogP contribution in [-0.4, -0.2) is 5.78 Å². The summed E-state index contributed by atoms with van der Waals surface area (Å²) < 4.78 is 15.8. The Kier molecular flexibility index (Phi) is 4.41. The maximum Gasteiger partial charge on any atom is 0.225 e. The minimum Gasteiger partial charge on any atom is -0.446 e. The lowest BCUT2D eigenvalue weighted by atomic mass is 9.93. The summed E-state index contributed by atoms with van der Waals surface area (Å²) in [6, 6.07) is 10.9. The third-order valence-electron chi connectivity index (χ3n) is 3.21. The molecule has 1 atom stereocenters. The molecular weight excluding hydrogens is 271 g/mol. The van der Waals surface area contributed by atoms with Crippen molar-refractivity contribution >= 4 is 14.5 Å². The van der Waals surface area contributed by atoms with Gasteiger partial charge < -0.3 is 4.52 Å². The first-order chi connectivity index (χ1) is 9.54. The van der Waals surface area contributed by atoms with E-state index in [1.54, 1.807) is 24.3 Å². The lowest BCUT2D eigenvalue weighted by molar-refractivity contribution is 0.103. The second kappa shape index (κ2) is 6.06. The summed E-state index contributed by atoms with van der Waals surface area (Å²) in [4.78, 5) is 12.7. The Morgan fingerprint density at radius 1 is 1.05 bits per heavy atom. The quantitative estimate of drug-likeness (QED) is 0.633. The zero-order chi connectivity index (χ0) is 14.7. The molecule has 0 radical (unpaired) electrons. The van der Waals surface area contributed by atoms with Crippen LogP contribution in [-0.2, 0) is 4.57 Å². The van der Waals surface area contributed by atoms with Crippen molar-refractivity contribution in [1.29, 1.82) is 0 Å². The minimum absolute atomic E-state index is 0.0940. The molecule has 1 unspecified atom stereocenters. The van der Waals surface area contributed by atoms with Crippen LogP contribution in [0.1, 0.15) is 32.6 Å². The maximum atomic E-state index is 12.7. The highest BCUT2D eigenvalue weighted by Gasteiger charge is 2.18. The number of carbonyl (C=O) groups excluding carboxylic acids is 1. The molecule has 0 aliphatic rings. The number of hydrogen-bond acceptors (Lipinski definition) is 3. The third kappa shape index (κ3) is 2.83. The highest BCUT2D eigenvalue weighted by Crippen LogP contribution is 2.27. The summed E-state index contributed by atoms with van der Waals surface area (Å²) in [6.07, 6.45) is 0. The number of para-hydroxylation sites is 1. The summed E-state index contributed by atoms with van der Waals surface area (Å²) in [6.45, 7) is 5.86. The molecule has 2 aromatic carbocycles. The molecule has 0 aliphatic carbocycles. The van der Waals surface area contributed by atoms with Crippen molar-refractivity contribution in [1.82, 2.24) is 0 Å². The van der Waals surface area contributed by atoms with E-state index < -0.39 is 8.69 Å². The van der Waals surface area contributed by atoms with Crippen LogP contribution in [0.4, 0.5) is 0 Å². The van der Waals surface area contributed by atoms with E-state index in [2.05, 4.69) is 0 Å². The van der Waals surface area contributed by atoms with Crippen molar-refractivity contribution in [3.05, 3.63) is 64.2 Å². The van der Waals surface area contributed by atoms with Gasteiger partial charge >= 0.3 is 0 Å². The largest absolute Gasteiger partial charge is 0.446 e. The number of aryl methyl sites for hydroxylation is 3. The van der Waals surface area contributed by atoms with Crippen LogP contribution in [0, 0.1) is 20.8 Å². The van der Waals surface area contributed by atoms with Crippen molar-refractivity contribution < 1.29 is 13.9 Å². The first kappa shape index (κ1) is 14.5. The fraction of sp³-hybridized carbons (Fsp3) is 0.188. The second-order valence-electron chi connectivity index (χ2n) is 4.81. The van der Waals surface area contributed by atoms with Gasteiger partial charge in [0.1, 0.15) is 5.75 Å². The molecule has 2 aromatic rings. The predicted molar refractivity (Wildman–Crippen MR) is 81.6 cm³/mol. The van der Waals surface area contributed by atoms with E-state index in [1.807, 2.05) is 32.9 Å². The lowest BCUT2D eigenvalue weighted by Crippen LogP contribution is -2.07. The number of rotatable bonds is 4. The van der Waals surface area contributed by atoms with Crippen LogP contribution in [0.25, 0.3) is 0 Å². The van der Waals surface area contributed by atoms with E-state index in [4.69, 9.17) is 4.52 Å². The zero-order valence-corrected chi connectivity index (χ0v) is 12.9. The summed E-state index contributed by atoms with van der Waals surface area (Å²) in [5, 5.41) is 0. The van der Waals surface area contributed by atoms with Gasteiger partial charge in [0.25, 0.3) is 0 Å². The average molecular weight is 288 g/mol. The summed E-state index contributed by atoms with van der Waals surface area (Å²) in [5.74, 6) is 0.283. The molecule has 0 saturated carbocycles. The lowest BCUT2D eigenvalue weighted by Gasteiger charge is -2.12. The highest BCUT2D eigenvalue weighted by atomic mass is 31.1. The van der Waals surface area contributed by atoms with E-state index in [9.17, 15) is 9.36 Å². The average Bonchev–Trinajstić information content (AvgIpc) is 2.38. The number of hydrogen-bond donors (Lipinski definition) is 0. The van der Waals surface area contributed by atoms with Crippen LogP contribution in [0.5, 0.6) is 5.75 Å². The van der Waals surface area contributed by atoms with Gasteiger partial charge in [-0.2, -0.15) is 0 Å². The molecule has 0 spiro atoms. The van der Waals surface area contributed by atoms with Crippen LogP contribution < -0.4 is 4.52 Å². The Morgan fingerprint density at radius 3 is 2.25 bits per heavy atom. The Hall–Kier alpha value is -1.86. The fourth-order valence-electron chi connectivity index (χ4n) is 2.48. The molecule has 0 N–H and O–H groups in total. The SMILES string of the molecule is Cc1cc(C)c(C(=O)c2ccccc2O[PH2]=O)c(C)c1. The van der Waals surface area contributed by atoms with Gasteiger partial charge in [-0.15, -0.1) is 0 Å². The van der Waals surface area contributed by atoms with Gasteiger partial charge in [-0.1, -0.05) is 29.8 Å². The summed E-state index contributed by atoms with van der Waals surface area (Å²) in [7, 11) is -1.39.